The molecule has 0 bridgehead atoms. The summed E-state index contributed by atoms with van der Waals surface area (Å²) < 4.78 is 35.4. The number of halogens is 2. The van der Waals surface area contributed by atoms with Gasteiger partial charge in [-0.1, -0.05) is 19.3 Å². The number of nitrogens with zero attached hydrogens (tertiary/aromatic N) is 5. The number of carbonyl (C=O) groups excluding carboxylic acids is 1. The second kappa shape index (κ2) is 8.31. The van der Waals surface area contributed by atoms with E-state index in [1.807, 2.05) is 0 Å². The van der Waals surface area contributed by atoms with Crippen LogP contribution in [-0.2, 0) is 16.6 Å². The lowest BCUT2D eigenvalue weighted by Crippen LogP contribution is -2.50. The van der Waals surface area contributed by atoms with E-state index in [9.17, 15) is 13.6 Å². The van der Waals surface area contributed by atoms with Crippen LogP contribution in [0.5, 0.6) is 0 Å². The summed E-state index contributed by atoms with van der Waals surface area (Å²) in [5.41, 5.74) is 0.683. The molecule has 2 saturated carbocycles. The first-order chi connectivity index (χ1) is 15.9. The molecule has 1 N–H and O–H groups in total. The van der Waals surface area contributed by atoms with Gasteiger partial charge in [0.25, 0.3) is 0 Å². The monoisotopic (exact) mass is 456 g/mol. The zero-order chi connectivity index (χ0) is 23.2. The Balaban J connectivity index is 1.55. The van der Waals surface area contributed by atoms with Gasteiger partial charge in [0.1, 0.15) is 11.5 Å². The van der Waals surface area contributed by atoms with Crippen molar-refractivity contribution in [3.63, 3.8) is 0 Å². The number of hydrogen-bond acceptors (Lipinski definition) is 7. The van der Waals surface area contributed by atoms with Gasteiger partial charge in [-0.15, -0.1) is 0 Å². The number of methoxy groups -OCH3 is 1. The Morgan fingerprint density at radius 1 is 1.18 bits per heavy atom. The smallest absolute Gasteiger partial charge is 0.310 e. The molecule has 0 radical (unpaired) electrons. The second-order valence-electron chi connectivity index (χ2n) is 9.10. The highest BCUT2D eigenvalue weighted by molar-refractivity contribution is 5.89. The summed E-state index contributed by atoms with van der Waals surface area (Å²) in [6.07, 6.45) is 8.92. The zero-order valence-corrected chi connectivity index (χ0v) is 18.6. The zero-order valence-electron chi connectivity index (χ0n) is 18.6. The Kier molecular flexibility index (Phi) is 5.46. The Labute approximate surface area is 189 Å². The molecule has 2 aliphatic rings. The van der Waals surface area contributed by atoms with Crippen molar-refractivity contribution in [1.29, 1.82) is 0 Å². The molecule has 174 valence electrons. The third kappa shape index (κ3) is 3.71. The number of carbonyl (C=O) groups is 1. The Morgan fingerprint density at radius 3 is 2.70 bits per heavy atom. The van der Waals surface area contributed by atoms with Crippen molar-refractivity contribution in [3.8, 4) is 11.5 Å². The molecule has 1 spiro atoms. The predicted octanol–water partition coefficient (Wildman–Crippen LogP) is 4.02. The van der Waals surface area contributed by atoms with Crippen molar-refractivity contribution in [1.82, 2.24) is 24.7 Å². The van der Waals surface area contributed by atoms with Crippen LogP contribution in [0.4, 0.5) is 14.6 Å². The number of aromatic nitrogens is 5. The Hall–Kier alpha value is -3.17. The van der Waals surface area contributed by atoms with E-state index >= 15 is 0 Å². The van der Waals surface area contributed by atoms with Gasteiger partial charge in [-0.05, 0) is 37.2 Å². The minimum Gasteiger partial charge on any atom is -0.469 e. The lowest BCUT2D eigenvalue weighted by molar-refractivity contribution is -0.148. The highest BCUT2D eigenvalue weighted by atomic mass is 19.1. The van der Waals surface area contributed by atoms with Crippen molar-refractivity contribution in [3.05, 3.63) is 30.1 Å². The SMILES string of the molecule is COC(=O)[C@@H]1CCCC2(CCCC2)[C@H]1Nc1nc(-c2nn(C)c3ncc(F)cc23)ncc1F. The lowest BCUT2D eigenvalue weighted by atomic mass is 9.64. The van der Waals surface area contributed by atoms with E-state index in [2.05, 4.69) is 25.4 Å². The molecule has 33 heavy (non-hydrogen) atoms. The Morgan fingerprint density at radius 2 is 1.94 bits per heavy atom. The normalized spacial score (nSPS) is 22.1. The lowest BCUT2D eigenvalue weighted by Gasteiger charge is -2.45. The molecule has 8 nitrogen and oxygen atoms in total. The maximum absolute atomic E-state index is 14.9. The summed E-state index contributed by atoms with van der Waals surface area (Å²) in [6, 6.07) is 1.02. The summed E-state index contributed by atoms with van der Waals surface area (Å²) in [5, 5.41) is 8.09. The number of rotatable bonds is 4. The molecule has 10 heteroatoms. The molecule has 3 aromatic heterocycles. The number of hydrogen-bond donors (Lipinski definition) is 1. The minimum absolute atomic E-state index is 0.00948. The van der Waals surface area contributed by atoms with Gasteiger partial charge in [0, 0.05) is 13.1 Å². The first kappa shape index (κ1) is 21.7. The average molecular weight is 456 g/mol. The van der Waals surface area contributed by atoms with Gasteiger partial charge in [-0.2, -0.15) is 5.10 Å². The van der Waals surface area contributed by atoms with E-state index in [4.69, 9.17) is 4.74 Å². The van der Waals surface area contributed by atoms with Gasteiger partial charge in [0.15, 0.2) is 23.1 Å². The quantitative estimate of drug-likeness (QED) is 0.593. The van der Waals surface area contributed by atoms with Gasteiger partial charge in [0.2, 0.25) is 0 Å². The van der Waals surface area contributed by atoms with Crippen molar-refractivity contribution in [2.24, 2.45) is 18.4 Å². The van der Waals surface area contributed by atoms with E-state index in [-0.39, 0.29) is 35.0 Å². The van der Waals surface area contributed by atoms with Crippen LogP contribution in [0.1, 0.15) is 44.9 Å². The summed E-state index contributed by atoms with van der Waals surface area (Å²) in [4.78, 5) is 25.2. The van der Waals surface area contributed by atoms with E-state index < -0.39 is 11.6 Å². The van der Waals surface area contributed by atoms with Crippen molar-refractivity contribution in [2.75, 3.05) is 12.4 Å². The topological polar surface area (TPSA) is 94.8 Å². The summed E-state index contributed by atoms with van der Waals surface area (Å²) in [6.45, 7) is 0. The van der Waals surface area contributed by atoms with Crippen LogP contribution in [0.3, 0.4) is 0 Å². The van der Waals surface area contributed by atoms with Gasteiger partial charge < -0.3 is 10.1 Å². The Bertz CT molecular complexity index is 1210. The van der Waals surface area contributed by atoms with Gasteiger partial charge >= 0.3 is 5.97 Å². The first-order valence-electron chi connectivity index (χ1n) is 11.3. The maximum Gasteiger partial charge on any atom is 0.310 e. The standard InChI is InChI=1S/C23H26F2N6O2/c1-31-21-15(10-13(24)11-27-21)17(30-31)20-26-12-16(25)19(29-20)28-18-14(22(32)33-2)6-5-9-23(18)7-3-4-8-23/h10-12,14,18H,3-9H2,1-2H3,(H,26,28,29)/t14-,18+/m1/s1. The second-order valence-corrected chi connectivity index (χ2v) is 9.10. The average Bonchev–Trinajstić information content (AvgIpc) is 3.41. The molecule has 0 saturated heterocycles. The molecule has 2 atom stereocenters. The van der Waals surface area contributed by atoms with Crippen LogP contribution in [0, 0.1) is 23.0 Å². The van der Waals surface area contributed by atoms with E-state index in [0.717, 1.165) is 50.9 Å². The number of nitrogens with one attached hydrogen (secondary N) is 1. The maximum atomic E-state index is 14.9. The predicted molar refractivity (Wildman–Crippen MR) is 117 cm³/mol. The molecule has 0 aromatic carbocycles. The number of esters is 1. The number of aryl methyl sites for hydroxylation is 1. The molecule has 0 amide bonds. The van der Waals surface area contributed by atoms with Crippen molar-refractivity contribution >= 4 is 22.8 Å². The molecular weight excluding hydrogens is 430 g/mol. The van der Waals surface area contributed by atoms with Gasteiger partial charge in [-0.3, -0.25) is 4.79 Å². The molecule has 2 aliphatic carbocycles. The van der Waals surface area contributed by atoms with Crippen LogP contribution in [0.2, 0.25) is 0 Å². The molecule has 3 heterocycles. The number of anilines is 1. The summed E-state index contributed by atoms with van der Waals surface area (Å²) >= 11 is 0. The van der Waals surface area contributed by atoms with Crippen molar-refractivity contribution < 1.29 is 18.3 Å². The minimum atomic E-state index is -0.620. The number of pyridine rings is 1. The van der Waals surface area contributed by atoms with E-state index in [1.165, 1.54) is 17.9 Å². The third-order valence-corrected chi connectivity index (χ3v) is 7.25. The van der Waals surface area contributed by atoms with Gasteiger partial charge in [0.05, 0.1) is 30.8 Å². The van der Waals surface area contributed by atoms with Crippen LogP contribution < -0.4 is 5.32 Å². The molecular formula is C23H26F2N6O2. The molecule has 0 aliphatic heterocycles. The van der Waals surface area contributed by atoms with E-state index in [1.54, 1.807) is 7.05 Å². The first-order valence-corrected chi connectivity index (χ1v) is 11.3. The van der Waals surface area contributed by atoms with Crippen LogP contribution in [0.25, 0.3) is 22.6 Å². The van der Waals surface area contributed by atoms with E-state index in [0.29, 0.717) is 23.1 Å². The largest absolute Gasteiger partial charge is 0.469 e. The fourth-order valence-corrected chi connectivity index (χ4v) is 5.73. The van der Waals surface area contributed by atoms with Crippen LogP contribution >= 0.6 is 0 Å². The number of fused-ring (bicyclic) bond motifs is 1. The van der Waals surface area contributed by atoms with Crippen molar-refractivity contribution in [2.45, 2.75) is 51.0 Å². The molecule has 0 unspecified atom stereocenters. The fraction of sp³-hybridized carbons (Fsp3) is 0.522. The van der Waals surface area contributed by atoms with Crippen LogP contribution in [0.15, 0.2) is 18.5 Å². The highest BCUT2D eigenvalue weighted by Gasteiger charge is 2.50. The summed E-state index contributed by atoms with van der Waals surface area (Å²) in [7, 11) is 3.07. The molecule has 2 fully saturated rings. The highest BCUT2D eigenvalue weighted by Crippen LogP contribution is 2.52. The molecule has 5 rings (SSSR count). The number of ether oxygens (including phenoxy) is 1. The third-order valence-electron chi connectivity index (χ3n) is 7.25. The van der Waals surface area contributed by atoms with Crippen LogP contribution in [-0.4, -0.2) is 43.9 Å². The van der Waals surface area contributed by atoms with Gasteiger partial charge in [-0.25, -0.2) is 28.4 Å². The molecule has 3 aromatic rings. The summed E-state index contributed by atoms with van der Waals surface area (Å²) in [5.74, 6) is -1.63. The fourth-order valence-electron chi connectivity index (χ4n) is 5.73.